The van der Waals surface area contributed by atoms with Gasteiger partial charge in [-0.25, -0.2) is 0 Å². The van der Waals surface area contributed by atoms with Gasteiger partial charge >= 0.3 is 0 Å². The molecule has 3 rings (SSSR count). The third-order valence-corrected chi connectivity index (χ3v) is 3.65. The Morgan fingerprint density at radius 3 is 2.19 bits per heavy atom. The minimum absolute atomic E-state index is 0. The molecule has 106 valence electrons. The SMILES string of the molecule is C.C=Cc1cc2cc(-c3ccc(C)cc3)ccc2cc1N. The van der Waals surface area contributed by atoms with Gasteiger partial charge in [-0.2, -0.15) is 0 Å². The molecule has 21 heavy (non-hydrogen) atoms. The molecule has 0 aliphatic heterocycles. The molecule has 0 aromatic heterocycles. The molecular formula is C20H21N. The Kier molecular flexibility index (Phi) is 4.13. The van der Waals surface area contributed by atoms with Crippen LogP contribution in [0.25, 0.3) is 28.0 Å². The highest BCUT2D eigenvalue weighted by atomic mass is 14.6. The molecule has 1 nitrogen and oxygen atoms in total. The Morgan fingerprint density at radius 2 is 1.52 bits per heavy atom. The second kappa shape index (κ2) is 5.84. The van der Waals surface area contributed by atoms with Crippen molar-refractivity contribution in [3.63, 3.8) is 0 Å². The molecule has 0 saturated carbocycles. The van der Waals surface area contributed by atoms with Crippen LogP contribution in [0.15, 0.2) is 61.2 Å². The van der Waals surface area contributed by atoms with Gasteiger partial charge in [-0.1, -0.05) is 62.0 Å². The van der Waals surface area contributed by atoms with Gasteiger partial charge in [0, 0.05) is 5.69 Å². The van der Waals surface area contributed by atoms with Gasteiger partial charge in [0.15, 0.2) is 0 Å². The van der Waals surface area contributed by atoms with Crippen molar-refractivity contribution >= 4 is 22.5 Å². The fourth-order valence-corrected chi connectivity index (χ4v) is 2.44. The van der Waals surface area contributed by atoms with E-state index in [0.717, 1.165) is 16.6 Å². The van der Waals surface area contributed by atoms with Crippen molar-refractivity contribution in [3.05, 3.63) is 72.3 Å². The Labute approximate surface area is 126 Å². The summed E-state index contributed by atoms with van der Waals surface area (Å²) in [6.07, 6.45) is 1.80. The van der Waals surface area contributed by atoms with Gasteiger partial charge in [-0.3, -0.25) is 0 Å². The molecule has 0 heterocycles. The quantitative estimate of drug-likeness (QED) is 0.598. The van der Waals surface area contributed by atoms with Crippen molar-refractivity contribution in [2.45, 2.75) is 14.4 Å². The van der Waals surface area contributed by atoms with Gasteiger partial charge in [0.25, 0.3) is 0 Å². The van der Waals surface area contributed by atoms with E-state index in [2.05, 4.69) is 62.0 Å². The van der Waals surface area contributed by atoms with Gasteiger partial charge in [-0.15, -0.1) is 0 Å². The summed E-state index contributed by atoms with van der Waals surface area (Å²) in [7, 11) is 0. The van der Waals surface area contributed by atoms with Gasteiger partial charge in [0.05, 0.1) is 0 Å². The predicted molar refractivity (Wildman–Crippen MR) is 95.4 cm³/mol. The van der Waals surface area contributed by atoms with Crippen molar-refractivity contribution in [1.29, 1.82) is 0 Å². The van der Waals surface area contributed by atoms with Crippen LogP contribution < -0.4 is 5.73 Å². The summed E-state index contributed by atoms with van der Waals surface area (Å²) in [6, 6.07) is 19.1. The first-order valence-electron chi connectivity index (χ1n) is 6.70. The number of hydrogen-bond donors (Lipinski definition) is 1. The molecule has 0 fully saturated rings. The third kappa shape index (κ3) is 2.82. The summed E-state index contributed by atoms with van der Waals surface area (Å²) in [5.41, 5.74) is 11.5. The minimum atomic E-state index is 0. The van der Waals surface area contributed by atoms with Crippen molar-refractivity contribution in [2.75, 3.05) is 5.73 Å². The van der Waals surface area contributed by atoms with Gasteiger partial charge in [0.2, 0.25) is 0 Å². The molecule has 0 saturated heterocycles. The number of rotatable bonds is 2. The molecule has 0 aliphatic carbocycles. The second-order valence-corrected chi connectivity index (χ2v) is 5.11. The molecule has 0 aliphatic rings. The average Bonchev–Trinajstić information content (AvgIpc) is 2.47. The zero-order valence-corrected chi connectivity index (χ0v) is 11.6. The first-order chi connectivity index (χ1) is 9.67. The van der Waals surface area contributed by atoms with E-state index in [1.165, 1.54) is 22.1 Å². The number of nitrogens with two attached hydrogens (primary N) is 1. The first-order valence-corrected chi connectivity index (χ1v) is 6.70. The smallest absolute Gasteiger partial charge is 0.0393 e. The molecule has 0 spiro atoms. The summed E-state index contributed by atoms with van der Waals surface area (Å²) < 4.78 is 0. The minimum Gasteiger partial charge on any atom is -0.398 e. The maximum atomic E-state index is 5.99. The van der Waals surface area contributed by atoms with Crippen molar-refractivity contribution in [3.8, 4) is 11.1 Å². The lowest BCUT2D eigenvalue weighted by Crippen LogP contribution is -1.89. The number of aryl methyl sites for hydroxylation is 1. The summed E-state index contributed by atoms with van der Waals surface area (Å²) in [6.45, 7) is 5.91. The van der Waals surface area contributed by atoms with Gasteiger partial charge < -0.3 is 5.73 Å². The molecule has 0 bridgehead atoms. The Bertz CT molecular complexity index is 783. The van der Waals surface area contributed by atoms with Crippen LogP contribution in [0.2, 0.25) is 0 Å². The average molecular weight is 275 g/mol. The highest BCUT2D eigenvalue weighted by Gasteiger charge is 2.03. The van der Waals surface area contributed by atoms with Crippen molar-refractivity contribution in [2.24, 2.45) is 0 Å². The van der Waals surface area contributed by atoms with E-state index in [1.807, 2.05) is 6.07 Å². The molecule has 3 aromatic carbocycles. The van der Waals surface area contributed by atoms with Crippen molar-refractivity contribution < 1.29 is 0 Å². The lowest BCUT2D eigenvalue weighted by molar-refractivity contribution is 1.47. The molecule has 2 N–H and O–H groups in total. The maximum Gasteiger partial charge on any atom is 0.0393 e. The number of hydrogen-bond acceptors (Lipinski definition) is 1. The number of anilines is 1. The summed E-state index contributed by atoms with van der Waals surface area (Å²) in [5, 5.41) is 2.34. The fraction of sp³-hybridized carbons (Fsp3) is 0.100. The Morgan fingerprint density at radius 1 is 0.857 bits per heavy atom. The van der Waals surface area contributed by atoms with Crippen LogP contribution in [-0.4, -0.2) is 0 Å². The van der Waals surface area contributed by atoms with E-state index in [4.69, 9.17) is 5.73 Å². The summed E-state index contributed by atoms with van der Waals surface area (Å²) in [5.74, 6) is 0. The standard InChI is InChI=1S/C19H17N.CH4/c1-3-14-10-18-11-16(8-9-17(18)12-19(14)20)15-6-4-13(2)5-7-15;/h3-12H,1,20H2,2H3;1H4. The Hall–Kier alpha value is -2.54. The molecule has 3 aromatic rings. The van der Waals surface area contributed by atoms with E-state index >= 15 is 0 Å². The van der Waals surface area contributed by atoms with Crippen LogP contribution in [0.4, 0.5) is 5.69 Å². The molecule has 0 radical (unpaired) electrons. The maximum absolute atomic E-state index is 5.99. The second-order valence-electron chi connectivity index (χ2n) is 5.11. The van der Waals surface area contributed by atoms with E-state index in [9.17, 15) is 0 Å². The molecular weight excluding hydrogens is 254 g/mol. The van der Waals surface area contributed by atoms with Crippen LogP contribution in [0.1, 0.15) is 18.6 Å². The highest BCUT2D eigenvalue weighted by molar-refractivity contribution is 5.92. The molecule has 0 unspecified atom stereocenters. The largest absolute Gasteiger partial charge is 0.398 e. The molecule has 0 atom stereocenters. The number of fused-ring (bicyclic) bond motifs is 1. The van der Waals surface area contributed by atoms with Crippen LogP contribution >= 0.6 is 0 Å². The lowest BCUT2D eigenvalue weighted by Gasteiger charge is -2.07. The van der Waals surface area contributed by atoms with Gasteiger partial charge in [-0.05, 0) is 52.6 Å². The number of benzene rings is 3. The van der Waals surface area contributed by atoms with Crippen LogP contribution in [0.3, 0.4) is 0 Å². The van der Waals surface area contributed by atoms with E-state index < -0.39 is 0 Å². The summed E-state index contributed by atoms with van der Waals surface area (Å²) in [4.78, 5) is 0. The zero-order chi connectivity index (χ0) is 14.1. The lowest BCUT2D eigenvalue weighted by atomic mass is 9.98. The van der Waals surface area contributed by atoms with E-state index in [0.29, 0.717) is 0 Å². The Balaban J connectivity index is 0.00000161. The van der Waals surface area contributed by atoms with Crippen LogP contribution in [0, 0.1) is 6.92 Å². The van der Waals surface area contributed by atoms with E-state index in [1.54, 1.807) is 6.08 Å². The van der Waals surface area contributed by atoms with Crippen LogP contribution in [0.5, 0.6) is 0 Å². The topological polar surface area (TPSA) is 26.0 Å². The van der Waals surface area contributed by atoms with E-state index in [-0.39, 0.29) is 7.43 Å². The third-order valence-electron chi connectivity index (χ3n) is 3.65. The highest BCUT2D eigenvalue weighted by Crippen LogP contribution is 2.28. The normalized spacial score (nSPS) is 10.1. The zero-order valence-electron chi connectivity index (χ0n) is 11.6. The van der Waals surface area contributed by atoms with Gasteiger partial charge in [0.1, 0.15) is 0 Å². The summed E-state index contributed by atoms with van der Waals surface area (Å²) >= 11 is 0. The molecule has 0 amide bonds. The fourth-order valence-electron chi connectivity index (χ4n) is 2.44. The predicted octanol–water partition coefficient (Wildman–Crippen LogP) is 5.68. The van der Waals surface area contributed by atoms with Crippen molar-refractivity contribution in [1.82, 2.24) is 0 Å². The monoisotopic (exact) mass is 275 g/mol. The molecule has 1 heteroatoms. The first kappa shape index (κ1) is 14.9. The number of nitrogen functional groups attached to an aromatic ring is 1. The van der Waals surface area contributed by atoms with Crippen LogP contribution in [-0.2, 0) is 0 Å².